The first kappa shape index (κ1) is 16.3. The first-order chi connectivity index (χ1) is 9.93. The lowest BCUT2D eigenvalue weighted by Crippen LogP contribution is -2.65. The summed E-state index contributed by atoms with van der Waals surface area (Å²) in [6, 6.07) is 10.1. The standard InChI is InChI=1S/C17H24BNO2.ClH/c1-16(2)12-9-13(16)17(3)14(10-12)20-18(21-17)15(19)11-7-5-4-6-8-11;/h4-8,12-15H,9-10,19H2,1-3H3;1H. The molecule has 4 fully saturated rings. The highest BCUT2D eigenvalue weighted by Gasteiger charge is 2.68. The predicted octanol–water partition coefficient (Wildman–Crippen LogP) is 3.38. The van der Waals surface area contributed by atoms with Gasteiger partial charge in [-0.1, -0.05) is 44.2 Å². The van der Waals surface area contributed by atoms with Crippen molar-refractivity contribution in [2.24, 2.45) is 23.0 Å². The summed E-state index contributed by atoms with van der Waals surface area (Å²) >= 11 is 0. The van der Waals surface area contributed by atoms with Gasteiger partial charge in [-0.05, 0) is 42.6 Å². The van der Waals surface area contributed by atoms with E-state index in [0.717, 1.165) is 17.9 Å². The van der Waals surface area contributed by atoms with Gasteiger partial charge in [0.05, 0.1) is 17.6 Å². The van der Waals surface area contributed by atoms with Gasteiger partial charge in [0.1, 0.15) is 0 Å². The summed E-state index contributed by atoms with van der Waals surface area (Å²) in [6.07, 6.45) is 2.59. The molecular formula is C17H25BClNO2. The number of halogens is 1. The van der Waals surface area contributed by atoms with E-state index < -0.39 is 0 Å². The van der Waals surface area contributed by atoms with Gasteiger partial charge in [0.25, 0.3) is 0 Å². The fourth-order valence-electron chi connectivity index (χ4n) is 4.88. The van der Waals surface area contributed by atoms with Gasteiger partial charge in [0.15, 0.2) is 0 Å². The van der Waals surface area contributed by atoms with Gasteiger partial charge >= 0.3 is 7.12 Å². The molecule has 0 radical (unpaired) electrons. The molecule has 120 valence electrons. The second-order valence-electron chi connectivity index (χ2n) is 7.77. The second kappa shape index (κ2) is 5.24. The van der Waals surface area contributed by atoms with Crippen molar-refractivity contribution in [2.75, 3.05) is 0 Å². The summed E-state index contributed by atoms with van der Waals surface area (Å²) in [6.45, 7) is 6.99. The summed E-state index contributed by atoms with van der Waals surface area (Å²) < 4.78 is 12.6. The zero-order chi connectivity index (χ0) is 14.8. The van der Waals surface area contributed by atoms with Crippen molar-refractivity contribution in [1.82, 2.24) is 0 Å². The SMILES string of the molecule is CC1(C)C2CC3OB(C(N)c4ccccc4)OC3(C)C1C2.Cl. The van der Waals surface area contributed by atoms with Crippen LogP contribution in [0.1, 0.15) is 45.1 Å². The minimum absolute atomic E-state index is 0. The van der Waals surface area contributed by atoms with Crippen LogP contribution in [0.2, 0.25) is 0 Å². The van der Waals surface area contributed by atoms with Crippen LogP contribution in [0.5, 0.6) is 0 Å². The van der Waals surface area contributed by atoms with Gasteiger partial charge < -0.3 is 15.0 Å². The topological polar surface area (TPSA) is 44.5 Å². The average Bonchev–Trinajstić information content (AvgIpc) is 2.84. The third kappa shape index (κ3) is 2.08. The highest BCUT2D eigenvalue weighted by atomic mass is 35.5. The molecule has 0 spiro atoms. The Kier molecular flexibility index (Phi) is 3.88. The maximum atomic E-state index is 6.41. The van der Waals surface area contributed by atoms with Gasteiger partial charge in [-0.25, -0.2) is 0 Å². The molecule has 5 rings (SSSR count). The predicted molar refractivity (Wildman–Crippen MR) is 90.7 cm³/mol. The van der Waals surface area contributed by atoms with Crippen LogP contribution in [-0.4, -0.2) is 18.8 Å². The van der Waals surface area contributed by atoms with Crippen molar-refractivity contribution < 1.29 is 9.31 Å². The molecule has 5 atom stereocenters. The molecule has 3 aliphatic carbocycles. The molecule has 3 nitrogen and oxygen atoms in total. The minimum Gasteiger partial charge on any atom is -0.404 e. The zero-order valence-corrected chi connectivity index (χ0v) is 14.3. The molecular weight excluding hydrogens is 296 g/mol. The van der Waals surface area contributed by atoms with Gasteiger partial charge in [-0.2, -0.15) is 0 Å². The van der Waals surface area contributed by atoms with Crippen LogP contribution in [0.3, 0.4) is 0 Å². The summed E-state index contributed by atoms with van der Waals surface area (Å²) in [7, 11) is -0.322. The van der Waals surface area contributed by atoms with Crippen molar-refractivity contribution in [2.45, 2.75) is 51.3 Å². The van der Waals surface area contributed by atoms with E-state index in [1.165, 1.54) is 6.42 Å². The lowest BCUT2D eigenvalue weighted by molar-refractivity contribution is -0.199. The van der Waals surface area contributed by atoms with Crippen molar-refractivity contribution in [3.63, 3.8) is 0 Å². The summed E-state index contributed by atoms with van der Waals surface area (Å²) in [5.41, 5.74) is 7.67. The molecule has 0 aromatic heterocycles. The Morgan fingerprint density at radius 2 is 1.86 bits per heavy atom. The smallest absolute Gasteiger partial charge is 0.404 e. The number of hydrogen-bond acceptors (Lipinski definition) is 3. The fourth-order valence-corrected chi connectivity index (χ4v) is 4.88. The van der Waals surface area contributed by atoms with E-state index in [9.17, 15) is 0 Å². The Labute approximate surface area is 139 Å². The molecule has 2 bridgehead atoms. The third-order valence-corrected chi connectivity index (χ3v) is 6.45. The Morgan fingerprint density at radius 1 is 1.18 bits per heavy atom. The largest absolute Gasteiger partial charge is 0.480 e. The molecule has 5 heteroatoms. The first-order valence-corrected chi connectivity index (χ1v) is 8.06. The van der Waals surface area contributed by atoms with E-state index in [0.29, 0.717) is 11.3 Å². The Hall–Kier alpha value is -0.545. The summed E-state index contributed by atoms with van der Waals surface area (Å²) in [5.74, 6) is 1.14. The lowest BCUT2D eigenvalue weighted by Gasteiger charge is -2.64. The van der Waals surface area contributed by atoms with Gasteiger partial charge in [-0.15, -0.1) is 12.4 Å². The molecule has 1 aliphatic heterocycles. The Morgan fingerprint density at radius 3 is 2.50 bits per heavy atom. The van der Waals surface area contributed by atoms with E-state index >= 15 is 0 Å². The highest BCUT2D eigenvalue weighted by Crippen LogP contribution is 2.65. The molecule has 1 aromatic carbocycles. The summed E-state index contributed by atoms with van der Waals surface area (Å²) in [5, 5.41) is 0. The molecule has 22 heavy (non-hydrogen) atoms. The van der Waals surface area contributed by atoms with Crippen LogP contribution in [0.25, 0.3) is 0 Å². The Bertz CT molecular complexity index is 555. The molecule has 1 saturated heterocycles. The van der Waals surface area contributed by atoms with E-state index in [-0.39, 0.29) is 37.2 Å². The average molecular weight is 322 g/mol. The van der Waals surface area contributed by atoms with Crippen molar-refractivity contribution >= 4 is 19.5 Å². The van der Waals surface area contributed by atoms with Gasteiger partial charge in [-0.3, -0.25) is 0 Å². The summed E-state index contributed by atoms with van der Waals surface area (Å²) in [4.78, 5) is 0. The first-order valence-electron chi connectivity index (χ1n) is 8.06. The molecule has 4 aliphatic rings. The fraction of sp³-hybridized carbons (Fsp3) is 0.647. The van der Waals surface area contributed by atoms with Gasteiger partial charge in [0.2, 0.25) is 0 Å². The number of benzene rings is 1. The van der Waals surface area contributed by atoms with Crippen molar-refractivity contribution in [3.05, 3.63) is 35.9 Å². The number of nitrogens with two attached hydrogens (primary N) is 1. The maximum absolute atomic E-state index is 6.41. The van der Waals surface area contributed by atoms with Gasteiger partial charge in [0, 0.05) is 0 Å². The van der Waals surface area contributed by atoms with Crippen LogP contribution in [0.15, 0.2) is 30.3 Å². The maximum Gasteiger partial charge on any atom is 0.480 e. The normalized spacial score (nSPS) is 39.5. The molecule has 3 saturated carbocycles. The molecule has 5 unspecified atom stereocenters. The molecule has 1 aromatic rings. The van der Waals surface area contributed by atoms with E-state index in [1.54, 1.807) is 0 Å². The Balaban J connectivity index is 0.00000144. The monoisotopic (exact) mass is 321 g/mol. The van der Waals surface area contributed by atoms with E-state index in [2.05, 4.69) is 20.8 Å². The van der Waals surface area contributed by atoms with Crippen LogP contribution >= 0.6 is 12.4 Å². The highest BCUT2D eigenvalue weighted by molar-refractivity contribution is 6.47. The minimum atomic E-state index is -0.322. The van der Waals surface area contributed by atoms with E-state index in [1.807, 2.05) is 30.3 Å². The second-order valence-corrected chi connectivity index (χ2v) is 7.77. The molecule has 1 heterocycles. The van der Waals surface area contributed by atoms with Crippen molar-refractivity contribution in [1.29, 1.82) is 0 Å². The zero-order valence-electron chi connectivity index (χ0n) is 13.5. The quantitative estimate of drug-likeness (QED) is 0.849. The molecule has 2 N–H and O–H groups in total. The van der Waals surface area contributed by atoms with Crippen LogP contribution < -0.4 is 5.73 Å². The lowest BCUT2D eigenvalue weighted by atomic mass is 9.43. The van der Waals surface area contributed by atoms with E-state index in [4.69, 9.17) is 15.0 Å². The third-order valence-electron chi connectivity index (χ3n) is 6.45. The van der Waals surface area contributed by atoms with Crippen LogP contribution in [-0.2, 0) is 9.31 Å². The number of hydrogen-bond donors (Lipinski definition) is 1. The molecule has 0 amide bonds. The number of rotatable bonds is 2. The van der Waals surface area contributed by atoms with Crippen LogP contribution in [0, 0.1) is 17.3 Å². The van der Waals surface area contributed by atoms with Crippen molar-refractivity contribution in [3.8, 4) is 0 Å². The van der Waals surface area contributed by atoms with Crippen LogP contribution in [0.4, 0.5) is 0 Å².